The highest BCUT2D eigenvalue weighted by Gasteiger charge is 2.34. The molecule has 0 atom stereocenters. The predicted molar refractivity (Wildman–Crippen MR) is 98.7 cm³/mol. The molecule has 158 valence electrons. The molecule has 0 aliphatic carbocycles. The van der Waals surface area contributed by atoms with Crippen LogP contribution >= 0.6 is 0 Å². The summed E-state index contributed by atoms with van der Waals surface area (Å²) in [5.74, 6) is -5.43. The van der Waals surface area contributed by atoms with Gasteiger partial charge in [0, 0.05) is 38.6 Å². The number of piperazine rings is 1. The number of rotatable bonds is 3. The number of halogens is 3. The molecule has 1 aromatic carbocycles. The fraction of sp³-hybridized carbons (Fsp3) is 0.278. The summed E-state index contributed by atoms with van der Waals surface area (Å²) in [4.78, 5) is 17.7. The number of nitrogens with zero attached hydrogens (tertiary/aromatic N) is 5. The Hall–Kier alpha value is -2.99. The lowest BCUT2D eigenvalue weighted by Crippen LogP contribution is -2.50. The molecule has 3 aromatic rings. The lowest BCUT2D eigenvalue weighted by atomic mass is 10.2. The minimum absolute atomic E-state index is 0.0347. The van der Waals surface area contributed by atoms with Gasteiger partial charge in [0.15, 0.2) is 23.1 Å². The minimum Gasteiger partial charge on any atom is -0.336 e. The summed E-state index contributed by atoms with van der Waals surface area (Å²) in [5.41, 5.74) is 1.19. The predicted octanol–water partition coefficient (Wildman–Crippen LogP) is 1.60. The van der Waals surface area contributed by atoms with E-state index in [-0.39, 0.29) is 32.1 Å². The van der Waals surface area contributed by atoms with Gasteiger partial charge in [0.2, 0.25) is 10.0 Å². The molecule has 0 saturated carbocycles. The van der Waals surface area contributed by atoms with Crippen molar-refractivity contribution in [1.29, 1.82) is 0 Å². The van der Waals surface area contributed by atoms with Crippen LogP contribution in [0.15, 0.2) is 35.5 Å². The Labute approximate surface area is 169 Å². The fourth-order valence-electron chi connectivity index (χ4n) is 3.38. The molecule has 0 N–H and O–H groups in total. The van der Waals surface area contributed by atoms with Crippen LogP contribution in [0.25, 0.3) is 5.65 Å². The van der Waals surface area contributed by atoms with Crippen molar-refractivity contribution < 1.29 is 26.4 Å². The number of hydrogen-bond donors (Lipinski definition) is 0. The van der Waals surface area contributed by atoms with Crippen molar-refractivity contribution in [1.82, 2.24) is 23.8 Å². The van der Waals surface area contributed by atoms with Crippen LogP contribution < -0.4 is 0 Å². The zero-order chi connectivity index (χ0) is 21.6. The standard InChI is InChI=1S/C18H16F3N5O3S/c1-11-14(17-22-5-2-6-26(17)23-11)18(27)24-7-9-25(10-8-24)30(28,29)13-4-3-12(19)15(20)16(13)21/h2-6H,7-10H2,1H3. The third kappa shape index (κ3) is 3.21. The number of sulfonamides is 1. The number of aromatic nitrogens is 3. The maximum absolute atomic E-state index is 14.0. The molecule has 1 fully saturated rings. The lowest BCUT2D eigenvalue weighted by molar-refractivity contribution is 0.0698. The van der Waals surface area contributed by atoms with Gasteiger partial charge in [-0.15, -0.1) is 0 Å². The van der Waals surface area contributed by atoms with Crippen LogP contribution in [-0.2, 0) is 10.0 Å². The molecule has 12 heteroatoms. The third-order valence-corrected chi connectivity index (χ3v) is 6.84. The molecule has 1 aliphatic heterocycles. The van der Waals surface area contributed by atoms with Crippen LogP contribution in [0.3, 0.4) is 0 Å². The van der Waals surface area contributed by atoms with E-state index in [1.54, 1.807) is 19.2 Å². The maximum atomic E-state index is 14.0. The average molecular weight is 439 g/mol. The normalized spacial score (nSPS) is 15.7. The van der Waals surface area contributed by atoms with Crippen molar-refractivity contribution in [3.05, 3.63) is 59.3 Å². The first-order valence-electron chi connectivity index (χ1n) is 8.94. The van der Waals surface area contributed by atoms with Crippen molar-refractivity contribution in [2.24, 2.45) is 0 Å². The highest BCUT2D eigenvalue weighted by Crippen LogP contribution is 2.25. The van der Waals surface area contributed by atoms with Crippen LogP contribution in [0.1, 0.15) is 16.1 Å². The van der Waals surface area contributed by atoms with Crippen molar-refractivity contribution in [2.75, 3.05) is 26.2 Å². The quantitative estimate of drug-likeness (QED) is 0.579. The summed E-state index contributed by atoms with van der Waals surface area (Å²) in [6.45, 7) is 1.49. The van der Waals surface area contributed by atoms with Crippen LogP contribution in [0.4, 0.5) is 13.2 Å². The number of amides is 1. The molecule has 8 nitrogen and oxygen atoms in total. The molecule has 1 saturated heterocycles. The SMILES string of the molecule is Cc1nn2cccnc2c1C(=O)N1CCN(S(=O)(=O)c2ccc(F)c(F)c2F)CC1. The second-order valence-electron chi connectivity index (χ2n) is 6.72. The van der Waals surface area contributed by atoms with E-state index in [1.165, 1.54) is 15.6 Å². The van der Waals surface area contributed by atoms with Gasteiger partial charge < -0.3 is 4.90 Å². The van der Waals surface area contributed by atoms with Crippen LogP contribution in [0, 0.1) is 24.4 Å². The zero-order valence-electron chi connectivity index (χ0n) is 15.7. The van der Waals surface area contributed by atoms with E-state index >= 15 is 0 Å². The van der Waals surface area contributed by atoms with Crippen LogP contribution in [-0.4, -0.2) is 64.3 Å². The van der Waals surface area contributed by atoms with Gasteiger partial charge in [-0.3, -0.25) is 4.79 Å². The van der Waals surface area contributed by atoms with Gasteiger partial charge in [-0.1, -0.05) is 0 Å². The molecule has 0 radical (unpaired) electrons. The molecule has 1 aliphatic rings. The molecule has 2 aromatic heterocycles. The van der Waals surface area contributed by atoms with E-state index in [4.69, 9.17) is 0 Å². The summed E-state index contributed by atoms with van der Waals surface area (Å²) in [6, 6.07) is 2.93. The number of benzene rings is 1. The Bertz CT molecular complexity index is 1250. The number of carbonyl (C=O) groups excluding carboxylic acids is 1. The summed E-state index contributed by atoms with van der Waals surface area (Å²) < 4.78 is 68.4. The zero-order valence-corrected chi connectivity index (χ0v) is 16.5. The molecule has 0 bridgehead atoms. The molecular weight excluding hydrogens is 423 g/mol. The third-order valence-electron chi connectivity index (χ3n) is 4.93. The largest absolute Gasteiger partial charge is 0.336 e. The van der Waals surface area contributed by atoms with Gasteiger partial charge in [0.1, 0.15) is 10.5 Å². The molecule has 4 rings (SSSR count). The Kier molecular flexibility index (Phi) is 4.98. The molecule has 1 amide bonds. The van der Waals surface area contributed by atoms with E-state index in [0.717, 1.165) is 4.31 Å². The molecule has 30 heavy (non-hydrogen) atoms. The van der Waals surface area contributed by atoms with E-state index in [1.807, 2.05) is 0 Å². The molecule has 0 spiro atoms. The van der Waals surface area contributed by atoms with Crippen molar-refractivity contribution in [2.45, 2.75) is 11.8 Å². The van der Waals surface area contributed by atoms with E-state index in [2.05, 4.69) is 10.1 Å². The van der Waals surface area contributed by atoms with E-state index in [9.17, 15) is 26.4 Å². The van der Waals surface area contributed by atoms with Gasteiger partial charge in [0.25, 0.3) is 5.91 Å². The Morgan fingerprint density at radius 1 is 1.07 bits per heavy atom. The summed E-state index contributed by atoms with van der Waals surface area (Å²) in [5, 5.41) is 4.24. The van der Waals surface area contributed by atoms with Gasteiger partial charge in [0.05, 0.1) is 5.69 Å². The fourth-order valence-corrected chi connectivity index (χ4v) is 4.86. The second-order valence-corrected chi connectivity index (χ2v) is 8.62. The minimum atomic E-state index is -4.39. The van der Waals surface area contributed by atoms with Gasteiger partial charge in [-0.2, -0.15) is 9.40 Å². The van der Waals surface area contributed by atoms with E-state index < -0.39 is 32.4 Å². The van der Waals surface area contributed by atoms with Crippen LogP contribution in [0.2, 0.25) is 0 Å². The number of fused-ring (bicyclic) bond motifs is 1. The lowest BCUT2D eigenvalue weighted by Gasteiger charge is -2.34. The van der Waals surface area contributed by atoms with Gasteiger partial charge in [-0.05, 0) is 25.1 Å². The summed E-state index contributed by atoms with van der Waals surface area (Å²) >= 11 is 0. The Balaban J connectivity index is 1.54. The second kappa shape index (κ2) is 7.36. The van der Waals surface area contributed by atoms with Crippen molar-refractivity contribution in [3.8, 4) is 0 Å². The first-order valence-corrected chi connectivity index (χ1v) is 10.4. The first kappa shape index (κ1) is 20.3. The smallest absolute Gasteiger partial charge is 0.259 e. The van der Waals surface area contributed by atoms with Crippen LogP contribution in [0.5, 0.6) is 0 Å². The summed E-state index contributed by atoms with van der Waals surface area (Å²) in [6.07, 6.45) is 3.20. The molecule has 3 heterocycles. The van der Waals surface area contributed by atoms with Crippen molar-refractivity contribution >= 4 is 21.6 Å². The number of carbonyl (C=O) groups is 1. The maximum Gasteiger partial charge on any atom is 0.259 e. The number of hydrogen-bond acceptors (Lipinski definition) is 5. The summed E-state index contributed by atoms with van der Waals surface area (Å²) in [7, 11) is -4.39. The highest BCUT2D eigenvalue weighted by atomic mass is 32.2. The Morgan fingerprint density at radius 3 is 2.47 bits per heavy atom. The highest BCUT2D eigenvalue weighted by molar-refractivity contribution is 7.89. The average Bonchev–Trinajstić information content (AvgIpc) is 3.07. The van der Waals surface area contributed by atoms with Crippen molar-refractivity contribution in [3.63, 3.8) is 0 Å². The number of aryl methyl sites for hydroxylation is 1. The molecular formula is C18H16F3N5O3S. The monoisotopic (exact) mass is 439 g/mol. The van der Waals surface area contributed by atoms with Gasteiger partial charge >= 0.3 is 0 Å². The Morgan fingerprint density at radius 2 is 1.77 bits per heavy atom. The van der Waals surface area contributed by atoms with E-state index in [0.29, 0.717) is 29.0 Å². The first-order chi connectivity index (χ1) is 14.2. The molecule has 0 unspecified atom stereocenters. The van der Waals surface area contributed by atoms with Gasteiger partial charge in [-0.25, -0.2) is 31.1 Å². The topological polar surface area (TPSA) is 87.9 Å².